The van der Waals surface area contributed by atoms with E-state index >= 15 is 4.39 Å². The average molecular weight is 536 g/mol. The number of hydrogen-bond donors (Lipinski definition) is 2. The molecular formula is C23H17ClF7N3O2. The van der Waals surface area contributed by atoms with Gasteiger partial charge in [0, 0.05) is 23.2 Å². The first-order valence-electron chi connectivity index (χ1n) is 10.1. The molecule has 0 saturated carbocycles. The number of carbonyl (C=O) groups excluding carboxylic acids is 1. The average Bonchev–Trinajstić information content (AvgIpc) is 2.76. The molecule has 0 unspecified atom stereocenters. The van der Waals surface area contributed by atoms with Crippen LogP contribution < -0.4 is 10.9 Å². The summed E-state index contributed by atoms with van der Waals surface area (Å²) >= 11 is 5.84. The van der Waals surface area contributed by atoms with E-state index in [1.165, 1.54) is 0 Å². The number of benzene rings is 2. The summed E-state index contributed by atoms with van der Waals surface area (Å²) in [6.07, 6.45) is -10.4. The van der Waals surface area contributed by atoms with E-state index in [0.717, 1.165) is 6.07 Å². The monoisotopic (exact) mass is 535 g/mol. The van der Waals surface area contributed by atoms with Crippen LogP contribution in [0, 0.1) is 5.82 Å². The van der Waals surface area contributed by atoms with Gasteiger partial charge in [0.25, 0.3) is 5.56 Å². The second-order valence-electron chi connectivity index (χ2n) is 8.25. The van der Waals surface area contributed by atoms with E-state index in [4.69, 9.17) is 11.6 Å². The van der Waals surface area contributed by atoms with Gasteiger partial charge in [0.2, 0.25) is 5.91 Å². The molecule has 192 valence electrons. The zero-order valence-electron chi connectivity index (χ0n) is 18.5. The van der Waals surface area contributed by atoms with Crippen molar-refractivity contribution in [3.05, 3.63) is 86.0 Å². The maximum atomic E-state index is 15.3. The minimum Gasteiger partial charge on any atom is -0.351 e. The highest BCUT2D eigenvalue weighted by molar-refractivity contribution is 6.30. The van der Waals surface area contributed by atoms with E-state index in [2.05, 4.69) is 10.3 Å². The summed E-state index contributed by atoms with van der Waals surface area (Å²) in [5.41, 5.74) is -7.33. The van der Waals surface area contributed by atoms with E-state index in [-0.39, 0.29) is 6.07 Å². The van der Waals surface area contributed by atoms with E-state index in [0.29, 0.717) is 16.7 Å². The van der Waals surface area contributed by atoms with E-state index in [1.54, 1.807) is 43.1 Å². The lowest BCUT2D eigenvalue weighted by atomic mass is 9.83. The summed E-state index contributed by atoms with van der Waals surface area (Å²) in [7, 11) is 0. The van der Waals surface area contributed by atoms with E-state index in [9.17, 15) is 35.9 Å². The van der Waals surface area contributed by atoms with Crippen LogP contribution in [0.4, 0.5) is 30.7 Å². The van der Waals surface area contributed by atoms with Gasteiger partial charge in [-0.3, -0.25) is 9.59 Å². The van der Waals surface area contributed by atoms with Crippen molar-refractivity contribution in [2.75, 3.05) is 0 Å². The Morgan fingerprint density at radius 3 is 2.17 bits per heavy atom. The van der Waals surface area contributed by atoms with Crippen LogP contribution in [-0.4, -0.2) is 15.9 Å². The highest BCUT2D eigenvalue weighted by atomic mass is 35.5. The highest BCUT2D eigenvalue weighted by Gasteiger charge is 2.39. The van der Waals surface area contributed by atoms with Crippen molar-refractivity contribution in [3.8, 4) is 11.4 Å². The SMILES string of the molecule is CC(C)(C(=O)NCc1ccc(C(F)(F)F)c(-c2nc(C(F)(F)F)cc(=O)[nH]2)c1F)c1ccc(Cl)cc1. The molecule has 0 spiro atoms. The van der Waals surface area contributed by atoms with Crippen molar-refractivity contribution >= 4 is 17.5 Å². The number of hydrogen-bond acceptors (Lipinski definition) is 3. The summed E-state index contributed by atoms with van der Waals surface area (Å²) in [6.45, 7) is 2.50. The molecule has 3 rings (SSSR count). The summed E-state index contributed by atoms with van der Waals surface area (Å²) in [6, 6.07) is 7.50. The number of nitrogens with zero attached hydrogens (tertiary/aromatic N) is 1. The van der Waals surface area contributed by atoms with Gasteiger partial charge in [-0.15, -0.1) is 0 Å². The Kier molecular flexibility index (Phi) is 7.22. The Bertz CT molecular complexity index is 1350. The largest absolute Gasteiger partial charge is 0.433 e. The third kappa shape index (κ3) is 5.69. The number of aromatic nitrogens is 2. The Labute approximate surface area is 204 Å². The summed E-state index contributed by atoms with van der Waals surface area (Å²) < 4.78 is 95.3. The molecule has 0 saturated heterocycles. The van der Waals surface area contributed by atoms with Crippen molar-refractivity contribution in [2.45, 2.75) is 38.2 Å². The van der Waals surface area contributed by atoms with Gasteiger partial charge >= 0.3 is 12.4 Å². The van der Waals surface area contributed by atoms with Crippen molar-refractivity contribution in [1.29, 1.82) is 0 Å². The molecule has 0 aliphatic carbocycles. The van der Waals surface area contributed by atoms with Crippen molar-refractivity contribution in [1.82, 2.24) is 15.3 Å². The van der Waals surface area contributed by atoms with Crippen molar-refractivity contribution in [3.63, 3.8) is 0 Å². The van der Waals surface area contributed by atoms with Crippen LogP contribution in [0.5, 0.6) is 0 Å². The lowest BCUT2D eigenvalue weighted by Gasteiger charge is -2.24. The van der Waals surface area contributed by atoms with Crippen LogP contribution in [0.2, 0.25) is 5.02 Å². The summed E-state index contributed by atoms with van der Waals surface area (Å²) in [5, 5.41) is 2.84. The van der Waals surface area contributed by atoms with Crippen LogP contribution >= 0.6 is 11.6 Å². The molecule has 0 fully saturated rings. The third-order valence-corrected chi connectivity index (χ3v) is 5.62. The van der Waals surface area contributed by atoms with Gasteiger partial charge < -0.3 is 10.3 Å². The molecule has 13 heteroatoms. The van der Waals surface area contributed by atoms with E-state index < -0.39 is 69.8 Å². The number of alkyl halides is 6. The molecule has 0 radical (unpaired) electrons. The molecule has 36 heavy (non-hydrogen) atoms. The van der Waals surface area contributed by atoms with Crippen molar-refractivity contribution in [2.24, 2.45) is 0 Å². The number of carbonyl (C=O) groups is 1. The number of aromatic amines is 1. The number of rotatable bonds is 5. The molecule has 0 aliphatic heterocycles. The van der Waals surface area contributed by atoms with Gasteiger partial charge in [-0.05, 0) is 37.6 Å². The van der Waals surface area contributed by atoms with Crippen LogP contribution in [0.3, 0.4) is 0 Å². The van der Waals surface area contributed by atoms with Gasteiger partial charge in [0.1, 0.15) is 11.6 Å². The standard InChI is InChI=1S/C23H17ClF7N3O2/c1-21(2,12-4-6-13(24)7-5-12)20(36)32-10-11-3-8-14(22(26,27)28)17(18(11)25)19-33-15(23(29,30)31)9-16(35)34-19/h3-9H,10H2,1-2H3,(H,32,36)(H,33,34,35). The molecule has 1 heterocycles. The first-order valence-corrected chi connectivity index (χ1v) is 10.5. The quantitative estimate of drug-likeness (QED) is 0.402. The molecule has 3 aromatic rings. The third-order valence-electron chi connectivity index (χ3n) is 5.37. The zero-order valence-corrected chi connectivity index (χ0v) is 19.3. The van der Waals surface area contributed by atoms with Gasteiger partial charge in [-0.1, -0.05) is 29.8 Å². The topological polar surface area (TPSA) is 74.8 Å². The molecule has 0 atom stereocenters. The molecule has 0 aliphatic rings. The molecular weight excluding hydrogens is 519 g/mol. The highest BCUT2D eigenvalue weighted by Crippen LogP contribution is 2.39. The summed E-state index contributed by atoms with van der Waals surface area (Å²) in [5.74, 6) is -3.47. The fourth-order valence-electron chi connectivity index (χ4n) is 3.34. The Hall–Kier alpha value is -3.41. The van der Waals surface area contributed by atoms with Gasteiger partial charge in [-0.2, -0.15) is 26.3 Å². The van der Waals surface area contributed by atoms with Gasteiger partial charge in [-0.25, -0.2) is 9.37 Å². The van der Waals surface area contributed by atoms with Crippen LogP contribution in [0.25, 0.3) is 11.4 Å². The number of amides is 1. The minimum absolute atomic E-state index is 0.0393. The Balaban J connectivity index is 2.03. The smallest absolute Gasteiger partial charge is 0.351 e. The minimum atomic E-state index is -5.19. The molecule has 2 N–H and O–H groups in total. The van der Waals surface area contributed by atoms with Crippen LogP contribution in [-0.2, 0) is 29.1 Å². The first-order chi connectivity index (χ1) is 16.5. The lowest BCUT2D eigenvalue weighted by molar-refractivity contribution is -0.141. The maximum Gasteiger partial charge on any atom is 0.433 e. The Morgan fingerprint density at radius 1 is 1.00 bits per heavy atom. The lowest BCUT2D eigenvalue weighted by Crippen LogP contribution is -2.39. The van der Waals surface area contributed by atoms with Gasteiger partial charge in [0.15, 0.2) is 5.69 Å². The fourth-order valence-corrected chi connectivity index (χ4v) is 3.46. The maximum absolute atomic E-state index is 15.3. The molecule has 1 aromatic heterocycles. The predicted octanol–water partition coefficient (Wildman–Crippen LogP) is 5.86. The van der Waals surface area contributed by atoms with Crippen LogP contribution in [0.1, 0.15) is 36.2 Å². The second kappa shape index (κ2) is 9.57. The molecule has 0 bridgehead atoms. The second-order valence-corrected chi connectivity index (χ2v) is 8.69. The zero-order chi connectivity index (χ0) is 27.1. The Morgan fingerprint density at radius 2 is 1.61 bits per heavy atom. The molecule has 5 nitrogen and oxygen atoms in total. The van der Waals surface area contributed by atoms with Crippen LogP contribution in [0.15, 0.2) is 47.3 Å². The molecule has 2 aromatic carbocycles. The number of nitrogens with one attached hydrogen (secondary N) is 2. The van der Waals surface area contributed by atoms with Crippen molar-refractivity contribution < 1.29 is 35.5 Å². The normalized spacial score (nSPS) is 12.5. The number of H-pyrrole nitrogens is 1. The fraction of sp³-hybridized carbons (Fsp3) is 0.261. The van der Waals surface area contributed by atoms with Gasteiger partial charge in [0.05, 0.1) is 16.5 Å². The summed E-state index contributed by atoms with van der Waals surface area (Å²) in [4.78, 5) is 29.2. The van der Waals surface area contributed by atoms with E-state index in [1.807, 2.05) is 0 Å². The first kappa shape index (κ1) is 27.2. The molecule has 1 amide bonds. The number of halogens is 8. The predicted molar refractivity (Wildman–Crippen MR) is 117 cm³/mol.